The fourth-order valence-electron chi connectivity index (χ4n) is 0.341. The summed E-state index contributed by atoms with van der Waals surface area (Å²) in [4.78, 5) is 0.208. The van der Waals surface area contributed by atoms with Gasteiger partial charge in [0.15, 0.2) is 0 Å². The standard InChI is InChI=1S/C5H10Br2O/c1-4(7)5(8)2-3-6/h4-5,8H,2-3H2,1H3/t4-,5+/m0/s1. The van der Waals surface area contributed by atoms with Crippen molar-refractivity contribution in [3.8, 4) is 0 Å². The molecule has 0 rings (SSSR count). The fraction of sp³-hybridized carbons (Fsp3) is 1.00. The molecular formula is C5H10Br2O. The smallest absolute Gasteiger partial charge is 0.0670 e. The van der Waals surface area contributed by atoms with Crippen LogP contribution < -0.4 is 0 Å². The third-order valence-corrected chi connectivity index (χ3v) is 2.00. The molecule has 0 saturated carbocycles. The molecule has 0 unspecified atom stereocenters. The molecule has 0 aliphatic heterocycles. The van der Waals surface area contributed by atoms with E-state index in [2.05, 4.69) is 31.9 Å². The molecule has 1 N–H and O–H groups in total. The van der Waals surface area contributed by atoms with Crippen LogP contribution in [0.25, 0.3) is 0 Å². The van der Waals surface area contributed by atoms with Gasteiger partial charge in [0.2, 0.25) is 0 Å². The van der Waals surface area contributed by atoms with Crippen LogP contribution in [0.3, 0.4) is 0 Å². The Bertz CT molecular complexity index is 56.4. The molecule has 50 valence electrons. The Labute approximate surface area is 66.7 Å². The second-order valence-electron chi connectivity index (χ2n) is 1.72. The van der Waals surface area contributed by atoms with Crippen LogP contribution in [0.15, 0.2) is 0 Å². The quantitative estimate of drug-likeness (QED) is 0.754. The van der Waals surface area contributed by atoms with E-state index in [4.69, 9.17) is 5.11 Å². The molecule has 0 saturated heterocycles. The summed E-state index contributed by atoms with van der Waals surface area (Å²) in [5.74, 6) is 0. The average Bonchev–Trinajstić information content (AvgIpc) is 1.67. The molecule has 3 heteroatoms. The van der Waals surface area contributed by atoms with Gasteiger partial charge in [0.25, 0.3) is 0 Å². The van der Waals surface area contributed by atoms with E-state index in [9.17, 15) is 0 Å². The third kappa shape index (κ3) is 3.87. The highest BCUT2D eigenvalue weighted by Crippen LogP contribution is 2.08. The molecule has 0 spiro atoms. The van der Waals surface area contributed by atoms with E-state index < -0.39 is 0 Å². The largest absolute Gasteiger partial charge is 0.392 e. The van der Waals surface area contributed by atoms with E-state index in [1.807, 2.05) is 6.92 Å². The van der Waals surface area contributed by atoms with Crippen molar-refractivity contribution < 1.29 is 5.11 Å². The van der Waals surface area contributed by atoms with Gasteiger partial charge in [-0.05, 0) is 6.42 Å². The van der Waals surface area contributed by atoms with Gasteiger partial charge >= 0.3 is 0 Å². The Morgan fingerprint density at radius 2 is 2.12 bits per heavy atom. The van der Waals surface area contributed by atoms with Crippen LogP contribution >= 0.6 is 31.9 Å². The van der Waals surface area contributed by atoms with Gasteiger partial charge in [-0.2, -0.15) is 0 Å². The normalized spacial score (nSPS) is 18.0. The van der Waals surface area contributed by atoms with Crippen molar-refractivity contribution in [3.05, 3.63) is 0 Å². The molecule has 0 aromatic heterocycles. The maximum absolute atomic E-state index is 9.05. The van der Waals surface area contributed by atoms with E-state index >= 15 is 0 Å². The molecular weight excluding hydrogens is 236 g/mol. The minimum Gasteiger partial charge on any atom is -0.392 e. The zero-order valence-electron chi connectivity index (χ0n) is 4.77. The molecule has 0 aliphatic carbocycles. The zero-order chi connectivity index (χ0) is 6.57. The molecule has 0 aromatic carbocycles. The van der Waals surface area contributed by atoms with Crippen molar-refractivity contribution in [3.63, 3.8) is 0 Å². The van der Waals surface area contributed by atoms with E-state index in [1.165, 1.54) is 0 Å². The summed E-state index contributed by atoms with van der Waals surface area (Å²) in [6.45, 7) is 1.94. The summed E-state index contributed by atoms with van der Waals surface area (Å²) in [7, 11) is 0. The van der Waals surface area contributed by atoms with Crippen molar-refractivity contribution >= 4 is 31.9 Å². The molecule has 8 heavy (non-hydrogen) atoms. The van der Waals surface area contributed by atoms with E-state index in [1.54, 1.807) is 0 Å². The van der Waals surface area contributed by atoms with Crippen molar-refractivity contribution in [2.75, 3.05) is 5.33 Å². The Morgan fingerprint density at radius 1 is 1.62 bits per heavy atom. The van der Waals surface area contributed by atoms with Crippen LogP contribution in [-0.4, -0.2) is 21.4 Å². The number of aliphatic hydroxyl groups excluding tert-OH is 1. The topological polar surface area (TPSA) is 20.2 Å². The summed E-state index contributed by atoms with van der Waals surface area (Å²) in [6, 6.07) is 0. The summed E-state index contributed by atoms with van der Waals surface area (Å²) >= 11 is 6.51. The van der Waals surface area contributed by atoms with Gasteiger partial charge in [-0.3, -0.25) is 0 Å². The lowest BCUT2D eigenvalue weighted by Gasteiger charge is -2.09. The highest BCUT2D eigenvalue weighted by molar-refractivity contribution is 9.09. The third-order valence-electron chi connectivity index (χ3n) is 0.935. The lowest BCUT2D eigenvalue weighted by Crippen LogP contribution is -2.16. The van der Waals surface area contributed by atoms with Gasteiger partial charge in [0.05, 0.1) is 6.10 Å². The van der Waals surface area contributed by atoms with E-state index in [-0.39, 0.29) is 10.9 Å². The molecule has 0 heterocycles. The van der Waals surface area contributed by atoms with Crippen molar-refractivity contribution in [2.45, 2.75) is 24.3 Å². The minimum atomic E-state index is -0.214. The summed E-state index contributed by atoms with van der Waals surface area (Å²) in [6.07, 6.45) is 0.598. The molecule has 0 aliphatic rings. The van der Waals surface area contributed by atoms with Crippen LogP contribution in [0.2, 0.25) is 0 Å². The number of hydrogen-bond acceptors (Lipinski definition) is 1. The number of aliphatic hydroxyl groups is 1. The van der Waals surface area contributed by atoms with Crippen molar-refractivity contribution in [2.24, 2.45) is 0 Å². The Balaban J connectivity index is 3.17. The summed E-state index contributed by atoms with van der Waals surface area (Å²) in [5, 5.41) is 9.91. The van der Waals surface area contributed by atoms with Crippen LogP contribution in [0.1, 0.15) is 13.3 Å². The Kier molecular flexibility index (Phi) is 5.31. The predicted molar refractivity (Wildman–Crippen MR) is 42.8 cm³/mol. The van der Waals surface area contributed by atoms with Crippen LogP contribution in [-0.2, 0) is 0 Å². The molecule has 1 nitrogen and oxygen atoms in total. The average molecular weight is 246 g/mol. The maximum Gasteiger partial charge on any atom is 0.0670 e. The number of alkyl halides is 2. The van der Waals surface area contributed by atoms with E-state index in [0.29, 0.717) is 0 Å². The van der Waals surface area contributed by atoms with Crippen molar-refractivity contribution in [1.82, 2.24) is 0 Å². The highest BCUT2D eigenvalue weighted by Gasteiger charge is 2.07. The van der Waals surface area contributed by atoms with Gasteiger partial charge in [-0.15, -0.1) is 0 Å². The minimum absolute atomic E-state index is 0.208. The Morgan fingerprint density at radius 3 is 2.25 bits per heavy atom. The number of halogens is 2. The molecule has 0 amide bonds. The lowest BCUT2D eigenvalue weighted by atomic mass is 10.2. The zero-order valence-corrected chi connectivity index (χ0v) is 7.94. The molecule has 0 aromatic rings. The second-order valence-corrected chi connectivity index (χ2v) is 3.96. The van der Waals surface area contributed by atoms with Gasteiger partial charge in [0.1, 0.15) is 0 Å². The number of rotatable bonds is 3. The molecule has 0 radical (unpaired) electrons. The SMILES string of the molecule is C[C@H](Br)[C@H](O)CCBr. The first kappa shape index (κ1) is 8.92. The first-order valence-electron chi connectivity index (χ1n) is 2.56. The van der Waals surface area contributed by atoms with Gasteiger partial charge in [0, 0.05) is 10.2 Å². The van der Waals surface area contributed by atoms with Gasteiger partial charge in [-0.25, -0.2) is 0 Å². The van der Waals surface area contributed by atoms with Gasteiger partial charge in [-0.1, -0.05) is 38.8 Å². The van der Waals surface area contributed by atoms with Crippen LogP contribution in [0.5, 0.6) is 0 Å². The maximum atomic E-state index is 9.05. The first-order valence-corrected chi connectivity index (χ1v) is 4.60. The molecule has 2 atom stereocenters. The predicted octanol–water partition coefficient (Wildman–Crippen LogP) is 1.92. The second kappa shape index (κ2) is 4.77. The van der Waals surface area contributed by atoms with Crippen LogP contribution in [0, 0.1) is 0 Å². The molecule has 0 bridgehead atoms. The van der Waals surface area contributed by atoms with Crippen molar-refractivity contribution in [1.29, 1.82) is 0 Å². The fourth-order valence-corrected chi connectivity index (χ4v) is 1.07. The Hall–Kier alpha value is 0.920. The number of hydrogen-bond donors (Lipinski definition) is 1. The monoisotopic (exact) mass is 244 g/mol. The summed E-state index contributed by atoms with van der Waals surface area (Å²) < 4.78 is 0. The first-order chi connectivity index (χ1) is 3.68. The highest BCUT2D eigenvalue weighted by atomic mass is 79.9. The van der Waals surface area contributed by atoms with Gasteiger partial charge < -0.3 is 5.11 Å². The summed E-state index contributed by atoms with van der Waals surface area (Å²) in [5.41, 5.74) is 0. The van der Waals surface area contributed by atoms with E-state index in [0.717, 1.165) is 11.8 Å². The lowest BCUT2D eigenvalue weighted by molar-refractivity contribution is 0.175. The molecule has 0 fully saturated rings. The van der Waals surface area contributed by atoms with Crippen LogP contribution in [0.4, 0.5) is 0 Å².